The van der Waals surface area contributed by atoms with Crippen LogP contribution in [-0.4, -0.2) is 13.9 Å². The molecule has 0 spiro atoms. The lowest BCUT2D eigenvalue weighted by atomic mass is 11.4. The smallest absolute Gasteiger partial charge is 0.206 e. The van der Waals surface area contributed by atoms with E-state index in [0.717, 1.165) is 0 Å². The zero-order valence-corrected chi connectivity index (χ0v) is 4.75. The van der Waals surface area contributed by atoms with Gasteiger partial charge in [0.25, 0.3) is 0 Å². The Labute approximate surface area is 49.6 Å². The van der Waals surface area contributed by atoms with Crippen LogP contribution in [0.1, 0.15) is 0 Å². The average Bonchev–Trinajstić information content (AvgIpc) is 1.64. The third-order valence-electron chi connectivity index (χ3n) is 0.460. The molecule has 0 N–H and O–H groups in total. The van der Waals surface area contributed by atoms with Crippen LogP contribution in [0.15, 0.2) is 0 Å². The molecule has 0 atom stereocenters. The molecule has 0 heterocycles. The molecule has 2 nitrogen and oxygen atoms in total. The first kappa shape index (κ1) is 8.30. The summed E-state index contributed by atoms with van der Waals surface area (Å²) in [6.07, 6.45) is 4.03. The summed E-state index contributed by atoms with van der Waals surface area (Å²) in [5.74, 6) is 0. The second-order valence-corrected chi connectivity index (χ2v) is 2.77. The summed E-state index contributed by atoms with van der Waals surface area (Å²) in [6.45, 7) is 0. The van der Waals surface area contributed by atoms with Crippen LogP contribution >= 0.6 is 0 Å². The fourth-order valence-corrected chi connectivity index (χ4v) is 0.200. The molecule has 0 unspecified atom stereocenters. The maximum atomic E-state index is 11.1. The van der Waals surface area contributed by atoms with Crippen molar-refractivity contribution in [2.45, 2.75) is 5.51 Å². The molecule has 0 aromatic heterocycles. The minimum absolute atomic E-state index is 0.628. The van der Waals surface area contributed by atoms with Crippen LogP contribution in [0.2, 0.25) is 0 Å². The van der Waals surface area contributed by atoms with Crippen LogP contribution in [0.4, 0.5) is 13.2 Å². The highest BCUT2D eigenvalue weighted by Crippen LogP contribution is 2.22. The normalized spacial score (nSPS) is 12.7. The lowest BCUT2D eigenvalue weighted by molar-refractivity contribution is -0.0420. The molecule has 0 saturated carbocycles. The summed E-state index contributed by atoms with van der Waals surface area (Å²) in [5.41, 5.74) is -5.32. The molecule has 9 heavy (non-hydrogen) atoms. The van der Waals surface area contributed by atoms with E-state index >= 15 is 0 Å². The van der Waals surface area contributed by atoms with Crippen molar-refractivity contribution in [1.82, 2.24) is 0 Å². The van der Waals surface area contributed by atoms with Gasteiger partial charge in [-0.05, 0) is 0 Å². The number of terminal acetylenes is 1. The van der Waals surface area contributed by atoms with Crippen molar-refractivity contribution < 1.29 is 21.6 Å². The molecular weight excluding hydrogens is 157 g/mol. The van der Waals surface area contributed by atoms with E-state index in [4.69, 9.17) is 0 Å². The number of sulfone groups is 1. The summed E-state index contributed by atoms with van der Waals surface area (Å²) in [5, 5.41) is 0.628. The van der Waals surface area contributed by atoms with Crippen molar-refractivity contribution in [2.24, 2.45) is 0 Å². The summed E-state index contributed by atoms with van der Waals surface area (Å²) < 4.78 is 52.6. The van der Waals surface area contributed by atoms with Gasteiger partial charge in [-0.1, -0.05) is 0 Å². The Morgan fingerprint density at radius 2 is 1.67 bits per heavy atom. The van der Waals surface area contributed by atoms with E-state index in [1.54, 1.807) is 0 Å². The highest BCUT2D eigenvalue weighted by molar-refractivity contribution is 7.96. The van der Waals surface area contributed by atoms with Crippen molar-refractivity contribution in [3.63, 3.8) is 0 Å². The monoisotopic (exact) mass is 158 g/mol. The second-order valence-electron chi connectivity index (χ2n) is 1.07. The summed E-state index contributed by atoms with van der Waals surface area (Å²) >= 11 is 0. The minimum atomic E-state index is -5.32. The van der Waals surface area contributed by atoms with E-state index in [-0.39, 0.29) is 0 Å². The lowest BCUT2D eigenvalue weighted by Crippen LogP contribution is -2.20. The molecule has 6 heteroatoms. The van der Waals surface area contributed by atoms with Gasteiger partial charge in [-0.15, -0.1) is 6.42 Å². The molecule has 0 radical (unpaired) electrons. The molecule has 0 fully saturated rings. The largest absolute Gasteiger partial charge is 0.509 e. The van der Waals surface area contributed by atoms with Crippen LogP contribution in [0.3, 0.4) is 0 Å². The first-order chi connectivity index (χ1) is 3.81. The van der Waals surface area contributed by atoms with Crippen LogP contribution in [0.5, 0.6) is 0 Å². The number of hydrogen-bond donors (Lipinski definition) is 0. The number of halogens is 3. The molecule has 0 aliphatic heterocycles. The molecule has 52 valence electrons. The van der Waals surface area contributed by atoms with Gasteiger partial charge in [0.05, 0.1) is 0 Å². The summed E-state index contributed by atoms with van der Waals surface area (Å²) in [7, 11) is -5.31. The van der Waals surface area contributed by atoms with Crippen LogP contribution in [0, 0.1) is 11.7 Å². The van der Waals surface area contributed by atoms with Gasteiger partial charge in [-0.2, -0.15) is 13.2 Å². The molecule has 0 aliphatic rings. The molecule has 0 aromatic rings. The van der Waals surface area contributed by atoms with Gasteiger partial charge in [-0.3, -0.25) is 0 Å². The Morgan fingerprint density at radius 3 is 1.67 bits per heavy atom. The van der Waals surface area contributed by atoms with Crippen molar-refractivity contribution in [2.75, 3.05) is 0 Å². The molecule has 0 aromatic carbocycles. The van der Waals surface area contributed by atoms with Crippen molar-refractivity contribution in [3.05, 3.63) is 0 Å². The fourth-order valence-electron chi connectivity index (χ4n) is 0.0668. The number of hydrogen-bond acceptors (Lipinski definition) is 2. The standard InChI is InChI=1S/C3HF3O2S/c1-2-9(7,8)3(4,5)6/h1H. The zero-order valence-electron chi connectivity index (χ0n) is 3.94. The van der Waals surface area contributed by atoms with Crippen LogP contribution in [-0.2, 0) is 9.84 Å². The highest BCUT2D eigenvalue weighted by atomic mass is 32.2. The van der Waals surface area contributed by atoms with Gasteiger partial charge >= 0.3 is 15.3 Å². The molecule has 0 rings (SSSR count). The maximum Gasteiger partial charge on any atom is 0.509 e. The van der Waals surface area contributed by atoms with Gasteiger partial charge < -0.3 is 0 Å². The van der Waals surface area contributed by atoms with Gasteiger partial charge in [0.15, 0.2) is 0 Å². The number of rotatable bonds is 0. The summed E-state index contributed by atoms with van der Waals surface area (Å²) in [6, 6.07) is 0. The topological polar surface area (TPSA) is 34.1 Å². The van der Waals surface area contributed by atoms with Crippen molar-refractivity contribution in [1.29, 1.82) is 0 Å². The zero-order chi connectivity index (χ0) is 7.71. The molecule has 0 saturated heterocycles. The third-order valence-corrected chi connectivity index (χ3v) is 1.38. The van der Waals surface area contributed by atoms with E-state index in [1.165, 1.54) is 0 Å². The van der Waals surface area contributed by atoms with Gasteiger partial charge in [0, 0.05) is 5.25 Å². The second kappa shape index (κ2) is 1.92. The van der Waals surface area contributed by atoms with E-state index in [2.05, 4.69) is 6.42 Å². The number of alkyl halides is 3. The van der Waals surface area contributed by atoms with Crippen LogP contribution < -0.4 is 0 Å². The van der Waals surface area contributed by atoms with E-state index in [0.29, 0.717) is 5.25 Å². The average molecular weight is 158 g/mol. The highest BCUT2D eigenvalue weighted by Gasteiger charge is 2.44. The Balaban J connectivity index is 4.86. The minimum Gasteiger partial charge on any atom is -0.206 e. The summed E-state index contributed by atoms with van der Waals surface area (Å²) in [4.78, 5) is 0. The Bertz CT molecular complexity index is 229. The Morgan fingerprint density at radius 1 is 1.33 bits per heavy atom. The van der Waals surface area contributed by atoms with E-state index in [1.807, 2.05) is 0 Å². The predicted octanol–water partition coefficient (Wildman–Crippen LogP) is 0.512. The maximum absolute atomic E-state index is 11.1. The first-order valence-electron chi connectivity index (χ1n) is 1.60. The van der Waals surface area contributed by atoms with Crippen molar-refractivity contribution >= 4 is 9.84 Å². The molecule has 0 aliphatic carbocycles. The predicted molar refractivity (Wildman–Crippen MR) is 23.8 cm³/mol. The first-order valence-corrected chi connectivity index (χ1v) is 3.08. The Kier molecular flexibility index (Phi) is 1.77. The van der Waals surface area contributed by atoms with Crippen molar-refractivity contribution in [3.8, 4) is 11.7 Å². The molecular formula is C3HF3O2S. The lowest BCUT2D eigenvalue weighted by Gasteiger charge is -1.98. The quantitative estimate of drug-likeness (QED) is 0.380. The molecule has 0 amide bonds. The molecule has 0 bridgehead atoms. The van der Waals surface area contributed by atoms with E-state index in [9.17, 15) is 21.6 Å². The van der Waals surface area contributed by atoms with Gasteiger partial charge in [-0.25, -0.2) is 8.42 Å². The van der Waals surface area contributed by atoms with Crippen LogP contribution in [0.25, 0.3) is 0 Å². The van der Waals surface area contributed by atoms with Gasteiger partial charge in [0.1, 0.15) is 0 Å². The third kappa shape index (κ3) is 1.61. The van der Waals surface area contributed by atoms with Gasteiger partial charge in [0.2, 0.25) is 0 Å². The Hall–Kier alpha value is -0.700. The van der Waals surface area contributed by atoms with E-state index < -0.39 is 15.3 Å². The fraction of sp³-hybridized carbons (Fsp3) is 0.333. The SMILES string of the molecule is C#CS(=O)(=O)C(F)(F)F.